The van der Waals surface area contributed by atoms with Crippen molar-refractivity contribution in [3.8, 4) is 5.75 Å². The van der Waals surface area contributed by atoms with Crippen LogP contribution in [-0.4, -0.2) is 33.1 Å². The third-order valence-corrected chi connectivity index (χ3v) is 5.73. The fourth-order valence-electron chi connectivity index (χ4n) is 3.83. The Bertz CT molecular complexity index is 1050. The van der Waals surface area contributed by atoms with Gasteiger partial charge < -0.3 is 14.7 Å². The second-order valence-electron chi connectivity index (χ2n) is 7.84. The Balaban J connectivity index is 1.39. The van der Waals surface area contributed by atoms with Gasteiger partial charge in [-0.25, -0.2) is 9.97 Å². The Kier molecular flexibility index (Phi) is 6.01. The Morgan fingerprint density at radius 1 is 1.03 bits per heavy atom. The summed E-state index contributed by atoms with van der Waals surface area (Å²) in [7, 11) is 0. The number of alkyl halides is 3. The van der Waals surface area contributed by atoms with Crippen LogP contribution in [0.2, 0.25) is 0 Å². The maximum Gasteiger partial charge on any atom is 0.416 e. The monoisotopic (exact) mass is 444 g/mol. The van der Waals surface area contributed by atoms with E-state index in [0.717, 1.165) is 6.07 Å². The van der Waals surface area contributed by atoms with Crippen LogP contribution in [0.25, 0.3) is 0 Å². The summed E-state index contributed by atoms with van der Waals surface area (Å²) >= 11 is 0. The minimum Gasteiger partial charge on any atom is -0.486 e. The standard InChI is InChI=1S/C23H23F3N4O2/c1-16-5-4-6-19(23(24,25)26)18(16)15-32-17-13-28-21(29-14-17)30-11-8-22(31,9-12-30)20-7-2-3-10-27-20/h2-7,10,13-14,31H,8-9,11-12,15H2,1H3. The summed E-state index contributed by atoms with van der Waals surface area (Å²) in [5.41, 5.74) is -0.438. The van der Waals surface area contributed by atoms with E-state index < -0.39 is 17.3 Å². The number of aromatic nitrogens is 3. The van der Waals surface area contributed by atoms with Crippen LogP contribution in [-0.2, 0) is 18.4 Å². The molecule has 1 fully saturated rings. The lowest BCUT2D eigenvalue weighted by molar-refractivity contribution is -0.138. The molecule has 4 rings (SSSR count). The van der Waals surface area contributed by atoms with Gasteiger partial charge in [-0.15, -0.1) is 0 Å². The predicted octanol–water partition coefficient (Wildman–Crippen LogP) is 4.27. The average molecular weight is 444 g/mol. The van der Waals surface area contributed by atoms with Crippen molar-refractivity contribution in [3.63, 3.8) is 0 Å². The number of anilines is 1. The van der Waals surface area contributed by atoms with E-state index in [9.17, 15) is 18.3 Å². The number of aliphatic hydroxyl groups is 1. The number of hydrogen-bond donors (Lipinski definition) is 1. The van der Waals surface area contributed by atoms with Crippen molar-refractivity contribution < 1.29 is 23.0 Å². The largest absolute Gasteiger partial charge is 0.486 e. The van der Waals surface area contributed by atoms with Crippen LogP contribution in [0.1, 0.15) is 35.2 Å². The Morgan fingerprint density at radius 2 is 1.75 bits per heavy atom. The average Bonchev–Trinajstić information content (AvgIpc) is 2.79. The van der Waals surface area contributed by atoms with E-state index in [1.54, 1.807) is 19.2 Å². The number of ether oxygens (including phenoxy) is 1. The number of pyridine rings is 1. The van der Waals surface area contributed by atoms with Gasteiger partial charge >= 0.3 is 6.18 Å². The number of nitrogens with zero attached hydrogens (tertiary/aromatic N) is 4. The summed E-state index contributed by atoms with van der Waals surface area (Å²) in [6.45, 7) is 2.48. The summed E-state index contributed by atoms with van der Waals surface area (Å²) in [4.78, 5) is 14.8. The van der Waals surface area contributed by atoms with Crippen molar-refractivity contribution in [1.29, 1.82) is 0 Å². The number of halogens is 3. The fraction of sp³-hybridized carbons (Fsp3) is 0.348. The molecule has 0 spiro atoms. The predicted molar refractivity (Wildman–Crippen MR) is 112 cm³/mol. The molecule has 1 aliphatic rings. The van der Waals surface area contributed by atoms with E-state index >= 15 is 0 Å². The van der Waals surface area contributed by atoms with Crippen LogP contribution >= 0.6 is 0 Å². The number of piperidine rings is 1. The molecule has 3 heterocycles. The van der Waals surface area contributed by atoms with Crippen molar-refractivity contribution in [3.05, 3.63) is 77.4 Å². The topological polar surface area (TPSA) is 71.4 Å². The molecule has 1 aliphatic heterocycles. The molecule has 0 unspecified atom stereocenters. The van der Waals surface area contributed by atoms with Gasteiger partial charge in [-0.05, 0) is 43.5 Å². The molecule has 0 amide bonds. The van der Waals surface area contributed by atoms with Crippen LogP contribution in [0, 0.1) is 6.92 Å². The van der Waals surface area contributed by atoms with Crippen LogP contribution < -0.4 is 9.64 Å². The molecule has 0 atom stereocenters. The van der Waals surface area contributed by atoms with Gasteiger partial charge in [0.15, 0.2) is 5.75 Å². The van der Waals surface area contributed by atoms with E-state index in [0.29, 0.717) is 43.1 Å². The summed E-state index contributed by atoms with van der Waals surface area (Å²) in [5.74, 6) is 0.763. The normalized spacial score (nSPS) is 16.1. The van der Waals surface area contributed by atoms with Gasteiger partial charge in [-0.3, -0.25) is 4.98 Å². The first-order valence-corrected chi connectivity index (χ1v) is 10.3. The van der Waals surface area contributed by atoms with Gasteiger partial charge in [0.05, 0.1) is 23.7 Å². The lowest BCUT2D eigenvalue weighted by Crippen LogP contribution is -2.43. The van der Waals surface area contributed by atoms with E-state index in [1.165, 1.54) is 18.5 Å². The smallest absolute Gasteiger partial charge is 0.416 e. The number of hydrogen-bond acceptors (Lipinski definition) is 6. The highest BCUT2D eigenvalue weighted by atomic mass is 19.4. The van der Waals surface area contributed by atoms with Gasteiger partial charge in [-0.1, -0.05) is 18.2 Å². The Labute approximate surface area is 183 Å². The molecule has 1 saturated heterocycles. The number of benzene rings is 1. The minimum atomic E-state index is -4.45. The summed E-state index contributed by atoms with van der Waals surface area (Å²) in [6, 6.07) is 9.53. The van der Waals surface area contributed by atoms with Crippen LogP contribution in [0.5, 0.6) is 5.75 Å². The van der Waals surface area contributed by atoms with Gasteiger partial charge in [0, 0.05) is 24.8 Å². The zero-order valence-corrected chi connectivity index (χ0v) is 17.5. The zero-order chi connectivity index (χ0) is 22.8. The van der Waals surface area contributed by atoms with Gasteiger partial charge in [-0.2, -0.15) is 13.2 Å². The zero-order valence-electron chi connectivity index (χ0n) is 17.5. The van der Waals surface area contributed by atoms with Crippen molar-refractivity contribution in [2.75, 3.05) is 18.0 Å². The first-order valence-electron chi connectivity index (χ1n) is 10.3. The third-order valence-electron chi connectivity index (χ3n) is 5.73. The minimum absolute atomic E-state index is 0.0916. The molecule has 32 heavy (non-hydrogen) atoms. The van der Waals surface area contributed by atoms with Gasteiger partial charge in [0.25, 0.3) is 0 Å². The number of rotatable bonds is 5. The molecule has 0 bridgehead atoms. The molecule has 0 radical (unpaired) electrons. The highest BCUT2D eigenvalue weighted by molar-refractivity contribution is 5.37. The summed E-state index contributed by atoms with van der Waals surface area (Å²) in [5, 5.41) is 10.9. The molecule has 6 nitrogen and oxygen atoms in total. The highest BCUT2D eigenvalue weighted by Crippen LogP contribution is 2.34. The van der Waals surface area contributed by atoms with Gasteiger partial charge in [0.1, 0.15) is 12.2 Å². The van der Waals surface area contributed by atoms with Crippen LogP contribution in [0.15, 0.2) is 55.0 Å². The molecule has 3 aromatic rings. The Morgan fingerprint density at radius 3 is 2.38 bits per heavy atom. The van der Waals surface area contributed by atoms with Crippen molar-refractivity contribution in [2.24, 2.45) is 0 Å². The number of aryl methyl sites for hydroxylation is 1. The van der Waals surface area contributed by atoms with Crippen molar-refractivity contribution in [2.45, 2.75) is 38.1 Å². The molecular weight excluding hydrogens is 421 g/mol. The van der Waals surface area contributed by atoms with Crippen molar-refractivity contribution >= 4 is 5.95 Å². The van der Waals surface area contributed by atoms with Gasteiger partial charge in [0.2, 0.25) is 5.95 Å². The maximum atomic E-state index is 13.3. The second kappa shape index (κ2) is 8.74. The highest BCUT2D eigenvalue weighted by Gasteiger charge is 2.36. The second-order valence-corrected chi connectivity index (χ2v) is 7.84. The summed E-state index contributed by atoms with van der Waals surface area (Å²) in [6.07, 6.45) is 1.09. The quantitative estimate of drug-likeness (QED) is 0.634. The molecular formula is C23H23F3N4O2. The lowest BCUT2D eigenvalue weighted by Gasteiger charge is -2.37. The van der Waals surface area contributed by atoms with Crippen molar-refractivity contribution in [1.82, 2.24) is 15.0 Å². The SMILES string of the molecule is Cc1cccc(C(F)(F)F)c1COc1cnc(N2CCC(O)(c3ccccn3)CC2)nc1. The van der Waals surface area contributed by atoms with Crippen LogP contribution in [0.3, 0.4) is 0 Å². The first-order chi connectivity index (χ1) is 15.3. The first kappa shape index (κ1) is 22.0. The molecule has 1 aromatic carbocycles. The maximum absolute atomic E-state index is 13.3. The third kappa shape index (κ3) is 4.67. The van der Waals surface area contributed by atoms with E-state index in [1.807, 2.05) is 23.1 Å². The van der Waals surface area contributed by atoms with E-state index in [2.05, 4.69) is 15.0 Å². The van der Waals surface area contributed by atoms with E-state index in [-0.39, 0.29) is 17.9 Å². The van der Waals surface area contributed by atoms with E-state index in [4.69, 9.17) is 4.74 Å². The molecule has 0 aliphatic carbocycles. The molecule has 2 aromatic heterocycles. The molecule has 0 saturated carbocycles. The fourth-order valence-corrected chi connectivity index (χ4v) is 3.83. The molecule has 9 heteroatoms. The van der Waals surface area contributed by atoms with Crippen LogP contribution in [0.4, 0.5) is 19.1 Å². The molecule has 168 valence electrons. The Hall–Kier alpha value is -3.20. The lowest BCUT2D eigenvalue weighted by atomic mass is 9.88. The summed E-state index contributed by atoms with van der Waals surface area (Å²) < 4.78 is 45.4. The molecule has 1 N–H and O–H groups in total.